The van der Waals surface area contributed by atoms with Gasteiger partial charge >= 0.3 is 13.8 Å². The number of thioether (sulfide) groups is 1. The summed E-state index contributed by atoms with van der Waals surface area (Å²) < 4.78 is 59.9. The Morgan fingerprint density at radius 1 is 1.28 bits per heavy atom. The lowest BCUT2D eigenvalue weighted by molar-refractivity contribution is -0.144. The third-order valence-electron chi connectivity index (χ3n) is 2.46. The van der Waals surface area contributed by atoms with Crippen LogP contribution in [0.3, 0.4) is 0 Å². The molecule has 106 valence electrons. The molecular weight excluding hydrogens is 288 g/mol. The monoisotopic (exact) mass is 304 g/mol. The summed E-state index contributed by atoms with van der Waals surface area (Å²) in [5, 5.41) is 0. The maximum atomic E-state index is 13.4. The van der Waals surface area contributed by atoms with Crippen LogP contribution in [0, 0.1) is 0 Å². The van der Waals surface area contributed by atoms with Gasteiger partial charge in [0, 0.05) is 12.2 Å². The lowest BCUT2D eigenvalue weighted by Gasteiger charge is -2.40. The molecule has 0 radical (unpaired) electrons. The molecule has 1 aliphatic rings. The maximum Gasteiger partial charge on any atom is 0.414 e. The highest BCUT2D eigenvalue weighted by atomic mass is 32.2. The summed E-state index contributed by atoms with van der Waals surface area (Å²) in [5.74, 6) is 0.143. The van der Waals surface area contributed by atoms with Crippen LogP contribution in [0.15, 0.2) is 12.2 Å². The first-order valence-corrected chi connectivity index (χ1v) is 8.10. The molecule has 0 spiro atoms. The molecule has 0 bridgehead atoms. The summed E-state index contributed by atoms with van der Waals surface area (Å²) in [6.07, 6.45) is -2.04. The van der Waals surface area contributed by atoms with Crippen molar-refractivity contribution in [3.05, 3.63) is 12.2 Å². The Balaban J connectivity index is 3.23. The van der Waals surface area contributed by atoms with Gasteiger partial charge in [0.1, 0.15) is 0 Å². The number of hydrogen-bond donors (Lipinski definition) is 0. The lowest BCUT2D eigenvalue weighted by Crippen LogP contribution is -2.44. The Bertz CT molecular complexity index is 349. The van der Waals surface area contributed by atoms with Crippen LogP contribution in [0.5, 0.6) is 0 Å². The van der Waals surface area contributed by atoms with Crippen LogP contribution in [0.25, 0.3) is 0 Å². The molecule has 0 saturated heterocycles. The second-order valence-corrected chi connectivity index (χ2v) is 7.50. The zero-order chi connectivity index (χ0) is 13.9. The van der Waals surface area contributed by atoms with Crippen LogP contribution < -0.4 is 0 Å². The molecule has 1 heterocycles. The summed E-state index contributed by atoms with van der Waals surface area (Å²) in [4.78, 5) is 0. The van der Waals surface area contributed by atoms with Crippen molar-refractivity contribution in [1.82, 2.24) is 0 Å². The number of alkyl halides is 3. The standard InChI is InChI=1S/C10H16F3O3PS/c1-3-15-17(14,16-4-2)9(10(11,12)13)7-5-6-8-18-9/h5-6H,3-4,7-8H2,1-2H3. The fraction of sp³-hybridized carbons (Fsp3) is 0.800. The van der Waals surface area contributed by atoms with Gasteiger partial charge < -0.3 is 9.05 Å². The third-order valence-corrected chi connectivity index (χ3v) is 7.27. The molecule has 0 N–H and O–H groups in total. The molecule has 0 aliphatic carbocycles. The number of rotatable bonds is 5. The van der Waals surface area contributed by atoms with E-state index >= 15 is 0 Å². The molecule has 0 saturated carbocycles. The summed E-state index contributed by atoms with van der Waals surface area (Å²) in [7, 11) is -4.26. The van der Waals surface area contributed by atoms with E-state index in [1.807, 2.05) is 0 Å². The smallest absolute Gasteiger partial charge is 0.308 e. The zero-order valence-corrected chi connectivity index (χ0v) is 11.9. The highest BCUT2D eigenvalue weighted by Crippen LogP contribution is 2.72. The molecule has 0 aromatic heterocycles. The van der Waals surface area contributed by atoms with Crippen molar-refractivity contribution < 1.29 is 26.8 Å². The number of halogens is 3. The SMILES string of the molecule is CCOP(=O)(OCC)C1(C(F)(F)F)CC=CCS1. The number of allylic oxidation sites excluding steroid dienone is 1. The predicted molar refractivity (Wildman–Crippen MR) is 65.9 cm³/mol. The van der Waals surface area contributed by atoms with Crippen molar-refractivity contribution in [1.29, 1.82) is 0 Å². The van der Waals surface area contributed by atoms with Gasteiger partial charge in [-0.25, -0.2) is 0 Å². The Kier molecular flexibility index (Phi) is 5.35. The second-order valence-electron chi connectivity index (χ2n) is 3.60. The predicted octanol–water partition coefficient (Wildman–Crippen LogP) is 4.20. The molecule has 3 nitrogen and oxygen atoms in total. The van der Waals surface area contributed by atoms with Gasteiger partial charge in [0.2, 0.25) is 4.49 Å². The van der Waals surface area contributed by atoms with Crippen LogP contribution in [0.1, 0.15) is 20.3 Å². The molecule has 8 heteroatoms. The molecule has 0 aromatic carbocycles. The molecule has 0 amide bonds. The molecular formula is C10H16F3O3PS. The minimum Gasteiger partial charge on any atom is -0.308 e. The Labute approximate surface area is 109 Å². The van der Waals surface area contributed by atoms with E-state index in [1.165, 1.54) is 19.9 Å². The van der Waals surface area contributed by atoms with Gasteiger partial charge in [0.25, 0.3) is 0 Å². The van der Waals surface area contributed by atoms with Crippen molar-refractivity contribution in [2.45, 2.75) is 30.9 Å². The fourth-order valence-corrected chi connectivity index (χ4v) is 5.55. The van der Waals surface area contributed by atoms with Gasteiger partial charge in [-0.1, -0.05) is 12.2 Å². The number of hydrogen-bond acceptors (Lipinski definition) is 4. The molecule has 1 atom stereocenters. The van der Waals surface area contributed by atoms with Gasteiger partial charge in [0.15, 0.2) is 0 Å². The summed E-state index contributed by atoms with van der Waals surface area (Å²) >= 11 is 0.580. The quantitative estimate of drug-likeness (QED) is 0.563. The topological polar surface area (TPSA) is 35.5 Å². The van der Waals surface area contributed by atoms with Crippen molar-refractivity contribution >= 4 is 19.4 Å². The summed E-state index contributed by atoms with van der Waals surface area (Å²) in [6, 6.07) is 0. The van der Waals surface area contributed by atoms with Crippen LogP contribution in [0.4, 0.5) is 13.2 Å². The highest BCUT2D eigenvalue weighted by Gasteiger charge is 2.68. The molecule has 0 fully saturated rings. The van der Waals surface area contributed by atoms with E-state index in [-0.39, 0.29) is 19.0 Å². The highest BCUT2D eigenvalue weighted by molar-refractivity contribution is 8.06. The van der Waals surface area contributed by atoms with E-state index in [0.717, 1.165) is 0 Å². The largest absolute Gasteiger partial charge is 0.414 e. The minimum absolute atomic E-state index is 0.0839. The van der Waals surface area contributed by atoms with E-state index in [1.54, 1.807) is 6.08 Å². The van der Waals surface area contributed by atoms with E-state index in [2.05, 4.69) is 0 Å². The fourth-order valence-electron chi connectivity index (χ4n) is 1.69. The van der Waals surface area contributed by atoms with E-state index in [0.29, 0.717) is 11.8 Å². The lowest BCUT2D eigenvalue weighted by atomic mass is 10.2. The summed E-state index contributed by atoms with van der Waals surface area (Å²) in [5.41, 5.74) is 0. The van der Waals surface area contributed by atoms with E-state index < -0.39 is 24.7 Å². The Morgan fingerprint density at radius 3 is 2.17 bits per heavy atom. The molecule has 1 aliphatic heterocycles. The molecule has 1 rings (SSSR count). The van der Waals surface area contributed by atoms with Crippen molar-refractivity contribution in [2.24, 2.45) is 0 Å². The van der Waals surface area contributed by atoms with Crippen LogP contribution >= 0.6 is 19.4 Å². The summed E-state index contributed by atoms with van der Waals surface area (Å²) in [6.45, 7) is 2.83. The minimum atomic E-state index is -4.65. The molecule has 0 aromatic rings. The molecule has 1 unspecified atom stereocenters. The average molecular weight is 304 g/mol. The average Bonchev–Trinajstić information content (AvgIpc) is 2.29. The van der Waals surface area contributed by atoms with E-state index in [9.17, 15) is 17.7 Å². The molecule has 18 heavy (non-hydrogen) atoms. The Morgan fingerprint density at radius 2 is 1.83 bits per heavy atom. The van der Waals surface area contributed by atoms with Crippen molar-refractivity contribution in [3.63, 3.8) is 0 Å². The normalized spacial score (nSPS) is 25.4. The van der Waals surface area contributed by atoms with Crippen LogP contribution in [-0.2, 0) is 13.6 Å². The Hall–Kier alpha value is 0.0300. The first-order chi connectivity index (χ1) is 8.33. The van der Waals surface area contributed by atoms with Crippen LogP contribution in [0.2, 0.25) is 0 Å². The zero-order valence-electron chi connectivity index (χ0n) is 10.2. The van der Waals surface area contributed by atoms with E-state index in [4.69, 9.17) is 9.05 Å². The van der Waals surface area contributed by atoms with Gasteiger partial charge in [0.05, 0.1) is 13.2 Å². The van der Waals surface area contributed by atoms with Crippen LogP contribution in [-0.4, -0.2) is 29.6 Å². The van der Waals surface area contributed by atoms with Crippen molar-refractivity contribution in [2.75, 3.05) is 19.0 Å². The first kappa shape index (κ1) is 16.1. The van der Waals surface area contributed by atoms with Gasteiger partial charge in [-0.15, -0.1) is 11.8 Å². The third kappa shape index (κ3) is 2.79. The van der Waals surface area contributed by atoms with Crippen molar-refractivity contribution in [3.8, 4) is 0 Å². The second kappa shape index (κ2) is 5.99. The van der Waals surface area contributed by atoms with Gasteiger partial charge in [-0.3, -0.25) is 4.57 Å². The maximum absolute atomic E-state index is 13.4. The first-order valence-electron chi connectivity index (χ1n) is 5.58. The van der Waals surface area contributed by atoms with Gasteiger partial charge in [-0.05, 0) is 13.8 Å². The van der Waals surface area contributed by atoms with Gasteiger partial charge in [-0.2, -0.15) is 13.2 Å².